The molecule has 3 atom stereocenters. The minimum atomic E-state index is -0.922. The highest BCUT2D eigenvalue weighted by Gasteiger charge is 2.63. The average Bonchev–Trinajstić information content (AvgIpc) is 3.71. The van der Waals surface area contributed by atoms with Crippen molar-refractivity contribution in [3.63, 3.8) is 0 Å². The first-order valence-corrected chi connectivity index (χ1v) is 15.3. The van der Waals surface area contributed by atoms with E-state index >= 15 is 0 Å². The molecule has 1 amide bonds. The highest BCUT2D eigenvalue weighted by atomic mass is 79.9. The van der Waals surface area contributed by atoms with Crippen LogP contribution in [0, 0.1) is 5.92 Å². The maximum Gasteiger partial charge on any atom is 0.410 e. The van der Waals surface area contributed by atoms with Gasteiger partial charge in [-0.05, 0) is 117 Å². The number of halogens is 1. The number of rotatable bonds is 5. The van der Waals surface area contributed by atoms with E-state index < -0.39 is 16.6 Å². The van der Waals surface area contributed by atoms with Crippen molar-refractivity contribution >= 4 is 22.0 Å². The fourth-order valence-corrected chi connectivity index (χ4v) is 7.75. The fraction of sp³-hybridized carbons (Fsp3) is 0.594. The number of hydrogen-bond acceptors (Lipinski definition) is 5. The molecule has 2 saturated heterocycles. The summed E-state index contributed by atoms with van der Waals surface area (Å²) in [6.45, 7) is 9.32. The minimum Gasteiger partial charge on any atom is -0.488 e. The Balaban J connectivity index is 1.36. The molecule has 3 fully saturated rings. The monoisotopic (exact) mass is 596 g/mol. The standard InChI is InChI=1S/C32H41BrN2O4/c1-30(2,3)39-29(36)34-14-11-31-12-15-35(20-22-9-10-22)28(32(31,37)13-16-34)18-24-17-26(33)27(19-25(24)31)38-21-23-7-5-4-6-8-23/h4-8,17,19,22,28,37H,9-16,18,20-21H2,1-3H3. The Morgan fingerprint density at radius 3 is 2.51 bits per heavy atom. The summed E-state index contributed by atoms with van der Waals surface area (Å²) >= 11 is 3.79. The van der Waals surface area contributed by atoms with Crippen LogP contribution in [0.25, 0.3) is 0 Å². The van der Waals surface area contributed by atoms with Crippen LogP contribution in [0.15, 0.2) is 46.9 Å². The summed E-state index contributed by atoms with van der Waals surface area (Å²) in [7, 11) is 0. The smallest absolute Gasteiger partial charge is 0.410 e. The molecule has 0 aromatic heterocycles. The number of piperidine rings is 1. The van der Waals surface area contributed by atoms with Gasteiger partial charge >= 0.3 is 6.09 Å². The third-order valence-electron chi connectivity index (χ3n) is 9.38. The normalized spacial score (nSPS) is 28.7. The van der Waals surface area contributed by atoms with Crippen molar-refractivity contribution < 1.29 is 19.4 Å². The first kappa shape index (κ1) is 27.1. The third-order valence-corrected chi connectivity index (χ3v) is 10.0. The molecule has 210 valence electrons. The van der Waals surface area contributed by atoms with Gasteiger partial charge < -0.3 is 19.5 Å². The van der Waals surface area contributed by atoms with Crippen LogP contribution in [0.5, 0.6) is 5.75 Å². The molecule has 1 saturated carbocycles. The van der Waals surface area contributed by atoms with Gasteiger partial charge in [0.1, 0.15) is 18.0 Å². The van der Waals surface area contributed by atoms with Gasteiger partial charge in [-0.3, -0.25) is 4.90 Å². The quantitative estimate of drug-likeness (QED) is 0.454. The highest BCUT2D eigenvalue weighted by molar-refractivity contribution is 9.10. The number of fused-ring (bicyclic) bond motifs is 1. The van der Waals surface area contributed by atoms with Crippen LogP contribution < -0.4 is 4.74 Å². The second-order valence-electron chi connectivity index (χ2n) is 13.1. The third kappa shape index (κ3) is 5.11. The maximum absolute atomic E-state index is 13.1. The zero-order valence-electron chi connectivity index (χ0n) is 23.4. The molecule has 0 radical (unpaired) electrons. The highest BCUT2D eigenvalue weighted by Crippen LogP contribution is 2.57. The molecule has 39 heavy (non-hydrogen) atoms. The Hall–Kier alpha value is -2.09. The van der Waals surface area contributed by atoms with Gasteiger partial charge in [0.05, 0.1) is 10.1 Å². The molecule has 2 aliphatic heterocycles. The molecule has 1 N–H and O–H groups in total. The summed E-state index contributed by atoms with van der Waals surface area (Å²) in [4.78, 5) is 17.5. The molecule has 6 nitrogen and oxygen atoms in total. The first-order valence-electron chi connectivity index (χ1n) is 14.5. The summed E-state index contributed by atoms with van der Waals surface area (Å²) in [5, 5.41) is 12.8. The summed E-state index contributed by atoms with van der Waals surface area (Å²) in [6.07, 6.45) is 5.25. The molecule has 2 heterocycles. The van der Waals surface area contributed by atoms with E-state index in [9.17, 15) is 9.90 Å². The SMILES string of the molecule is CC(C)(C)OC(=O)N1CCC23CCN(CC4CC4)C(Cc4cc(Br)c(OCc5ccccc5)cc42)C3(O)CC1. The van der Waals surface area contributed by atoms with Crippen molar-refractivity contribution in [3.05, 3.63) is 63.6 Å². The van der Waals surface area contributed by atoms with E-state index in [-0.39, 0.29) is 12.1 Å². The van der Waals surface area contributed by atoms with E-state index in [1.165, 1.54) is 24.0 Å². The molecule has 0 spiro atoms. The summed E-state index contributed by atoms with van der Waals surface area (Å²) in [5.41, 5.74) is 1.70. The second kappa shape index (κ2) is 10.1. The molecule has 2 aromatic rings. The van der Waals surface area contributed by atoms with E-state index in [4.69, 9.17) is 9.47 Å². The first-order chi connectivity index (χ1) is 18.6. The van der Waals surface area contributed by atoms with Crippen molar-refractivity contribution in [2.75, 3.05) is 26.2 Å². The van der Waals surface area contributed by atoms with Gasteiger partial charge in [-0.1, -0.05) is 30.3 Å². The summed E-state index contributed by atoms with van der Waals surface area (Å²) in [6, 6.07) is 14.7. The molecule has 6 rings (SSSR count). The number of amides is 1. The van der Waals surface area contributed by atoms with E-state index in [2.05, 4.69) is 45.1 Å². The molecule has 2 aromatic carbocycles. The van der Waals surface area contributed by atoms with Crippen molar-refractivity contribution in [3.8, 4) is 5.75 Å². The van der Waals surface area contributed by atoms with E-state index in [1.807, 2.05) is 43.9 Å². The zero-order valence-corrected chi connectivity index (χ0v) is 25.0. The molecule has 7 heteroatoms. The number of nitrogens with zero attached hydrogens (tertiary/aromatic N) is 2. The van der Waals surface area contributed by atoms with Gasteiger partial charge in [-0.15, -0.1) is 0 Å². The van der Waals surface area contributed by atoms with Crippen molar-refractivity contribution in [2.24, 2.45) is 5.92 Å². The fourth-order valence-electron chi connectivity index (χ4n) is 7.24. The van der Waals surface area contributed by atoms with E-state index in [0.717, 1.165) is 47.6 Å². The van der Waals surface area contributed by atoms with E-state index in [0.29, 0.717) is 32.5 Å². The molecule has 2 aliphatic carbocycles. The number of likely N-dealkylation sites (tertiary alicyclic amines) is 2. The topological polar surface area (TPSA) is 62.2 Å². The number of aliphatic hydroxyl groups is 1. The van der Waals surface area contributed by atoms with Crippen LogP contribution in [-0.2, 0) is 23.2 Å². The Kier molecular flexibility index (Phi) is 7.00. The number of carbonyl (C=O) groups is 1. The molecular weight excluding hydrogens is 556 g/mol. The number of hydrogen-bond donors (Lipinski definition) is 1. The van der Waals surface area contributed by atoms with Crippen molar-refractivity contribution in [2.45, 2.75) is 88.6 Å². The Bertz CT molecular complexity index is 1230. The van der Waals surface area contributed by atoms with Gasteiger partial charge in [0.15, 0.2) is 0 Å². The Labute approximate surface area is 240 Å². The van der Waals surface area contributed by atoms with Crippen LogP contribution in [0.3, 0.4) is 0 Å². The number of benzene rings is 2. The van der Waals surface area contributed by atoms with Crippen molar-refractivity contribution in [1.82, 2.24) is 9.80 Å². The average molecular weight is 598 g/mol. The zero-order chi connectivity index (χ0) is 27.4. The molecular formula is C32H41BrN2O4. The van der Waals surface area contributed by atoms with Gasteiger partial charge in [-0.2, -0.15) is 0 Å². The van der Waals surface area contributed by atoms with Gasteiger partial charge in [-0.25, -0.2) is 4.79 Å². The number of carbonyl (C=O) groups excluding carboxylic acids is 1. The Morgan fingerprint density at radius 1 is 1.08 bits per heavy atom. The second-order valence-corrected chi connectivity index (χ2v) is 14.0. The summed E-state index contributed by atoms with van der Waals surface area (Å²) < 4.78 is 13.1. The van der Waals surface area contributed by atoms with Crippen molar-refractivity contribution in [1.29, 1.82) is 0 Å². The number of ether oxygens (including phenoxy) is 2. The van der Waals surface area contributed by atoms with Crippen LogP contribution in [0.4, 0.5) is 4.79 Å². The lowest BCUT2D eigenvalue weighted by Crippen LogP contribution is -2.71. The Morgan fingerprint density at radius 2 is 1.79 bits per heavy atom. The lowest BCUT2D eigenvalue weighted by molar-refractivity contribution is -0.149. The molecule has 4 aliphatic rings. The lowest BCUT2D eigenvalue weighted by atomic mass is 9.52. The van der Waals surface area contributed by atoms with Crippen LogP contribution in [-0.4, -0.2) is 64.4 Å². The predicted molar refractivity (Wildman–Crippen MR) is 155 cm³/mol. The molecule has 2 bridgehead atoms. The van der Waals surface area contributed by atoms with Gasteiger partial charge in [0, 0.05) is 31.1 Å². The largest absolute Gasteiger partial charge is 0.488 e. The van der Waals surface area contributed by atoms with Crippen LogP contribution in [0.2, 0.25) is 0 Å². The van der Waals surface area contributed by atoms with Crippen LogP contribution >= 0.6 is 15.9 Å². The predicted octanol–water partition coefficient (Wildman–Crippen LogP) is 6.07. The lowest BCUT2D eigenvalue weighted by Gasteiger charge is -2.61. The van der Waals surface area contributed by atoms with Crippen LogP contribution in [0.1, 0.15) is 69.6 Å². The minimum absolute atomic E-state index is 0.0425. The maximum atomic E-state index is 13.1. The van der Waals surface area contributed by atoms with Gasteiger partial charge in [0.2, 0.25) is 0 Å². The summed E-state index contributed by atoms with van der Waals surface area (Å²) in [5.74, 6) is 1.56. The van der Waals surface area contributed by atoms with Gasteiger partial charge in [0.25, 0.3) is 0 Å². The van der Waals surface area contributed by atoms with E-state index in [1.54, 1.807) is 0 Å². The molecule has 3 unspecified atom stereocenters.